The molecule has 0 aromatic heterocycles. The van der Waals surface area contributed by atoms with Gasteiger partial charge in [-0.05, 0) is 37.0 Å². The lowest BCUT2D eigenvalue weighted by Gasteiger charge is -2.10. The number of hydrogen-bond acceptors (Lipinski definition) is 2. The number of benzene rings is 1. The Bertz CT molecular complexity index is 380. The van der Waals surface area contributed by atoms with Crippen molar-refractivity contribution < 1.29 is 9.53 Å². The molecule has 2 nitrogen and oxygen atoms in total. The maximum Gasteiger partial charge on any atom is 0.310 e. The topological polar surface area (TPSA) is 26.3 Å². The predicted octanol–water partition coefficient (Wildman–Crippen LogP) is 3.73. The van der Waals surface area contributed by atoms with E-state index >= 15 is 0 Å². The normalized spacial score (nSPS) is 10.3. The first-order chi connectivity index (χ1) is 8.19. The SMILES string of the molecule is CCOC(=O)Cc1c(Br)cccc1CCCCl. The number of rotatable bonds is 6. The Morgan fingerprint density at radius 1 is 1.47 bits per heavy atom. The van der Waals surface area contributed by atoms with Gasteiger partial charge in [0.05, 0.1) is 13.0 Å². The summed E-state index contributed by atoms with van der Waals surface area (Å²) in [5.41, 5.74) is 2.17. The largest absolute Gasteiger partial charge is 0.466 e. The third kappa shape index (κ3) is 4.68. The highest BCUT2D eigenvalue weighted by Gasteiger charge is 2.11. The zero-order chi connectivity index (χ0) is 12.7. The molecule has 0 saturated carbocycles. The first-order valence-corrected chi connectivity index (χ1v) is 6.99. The number of carbonyl (C=O) groups excluding carboxylic acids is 1. The van der Waals surface area contributed by atoms with Gasteiger partial charge in [0.15, 0.2) is 0 Å². The zero-order valence-corrected chi connectivity index (χ0v) is 12.2. The van der Waals surface area contributed by atoms with Gasteiger partial charge in [-0.3, -0.25) is 4.79 Å². The molecule has 17 heavy (non-hydrogen) atoms. The molecule has 0 heterocycles. The van der Waals surface area contributed by atoms with E-state index in [2.05, 4.69) is 15.9 Å². The van der Waals surface area contributed by atoms with Crippen molar-refractivity contribution in [2.75, 3.05) is 12.5 Å². The number of esters is 1. The first-order valence-electron chi connectivity index (χ1n) is 5.66. The molecule has 0 fully saturated rings. The van der Waals surface area contributed by atoms with Gasteiger partial charge in [0, 0.05) is 10.4 Å². The Balaban J connectivity index is 2.83. The van der Waals surface area contributed by atoms with E-state index in [4.69, 9.17) is 16.3 Å². The van der Waals surface area contributed by atoms with Gasteiger partial charge in [0.25, 0.3) is 0 Å². The number of carbonyl (C=O) groups is 1. The fourth-order valence-corrected chi connectivity index (χ4v) is 2.33. The van der Waals surface area contributed by atoms with Crippen LogP contribution in [0.3, 0.4) is 0 Å². The molecule has 0 aliphatic rings. The summed E-state index contributed by atoms with van der Waals surface area (Å²) in [5.74, 6) is 0.442. The molecule has 0 amide bonds. The number of halogens is 2. The molecule has 0 aliphatic heterocycles. The van der Waals surface area contributed by atoms with E-state index in [9.17, 15) is 4.79 Å². The van der Waals surface area contributed by atoms with Crippen LogP contribution in [0.15, 0.2) is 22.7 Å². The van der Waals surface area contributed by atoms with E-state index in [0.29, 0.717) is 18.9 Å². The van der Waals surface area contributed by atoms with Crippen LogP contribution in [0.1, 0.15) is 24.5 Å². The van der Waals surface area contributed by atoms with Crippen molar-refractivity contribution in [3.05, 3.63) is 33.8 Å². The highest BCUT2D eigenvalue weighted by Crippen LogP contribution is 2.23. The van der Waals surface area contributed by atoms with Crippen LogP contribution in [-0.4, -0.2) is 18.5 Å². The van der Waals surface area contributed by atoms with Crippen molar-refractivity contribution in [2.24, 2.45) is 0 Å². The highest BCUT2D eigenvalue weighted by molar-refractivity contribution is 9.10. The summed E-state index contributed by atoms with van der Waals surface area (Å²) in [7, 11) is 0. The Kier molecular flexibility index (Phi) is 6.60. The minimum Gasteiger partial charge on any atom is -0.466 e. The van der Waals surface area contributed by atoms with Crippen LogP contribution in [0.5, 0.6) is 0 Å². The molecule has 0 aliphatic carbocycles. The number of alkyl halides is 1. The van der Waals surface area contributed by atoms with E-state index in [1.165, 1.54) is 0 Å². The second-order valence-electron chi connectivity index (χ2n) is 3.65. The zero-order valence-electron chi connectivity index (χ0n) is 9.84. The second kappa shape index (κ2) is 7.72. The molecule has 0 saturated heterocycles. The van der Waals surface area contributed by atoms with Crippen LogP contribution in [0.4, 0.5) is 0 Å². The Morgan fingerprint density at radius 3 is 2.88 bits per heavy atom. The molecular weight excluding hydrogens is 303 g/mol. The summed E-state index contributed by atoms with van der Waals surface area (Å²) in [6.45, 7) is 2.23. The molecule has 0 N–H and O–H groups in total. The average molecular weight is 320 g/mol. The fraction of sp³-hybridized carbons (Fsp3) is 0.462. The minimum absolute atomic E-state index is 0.188. The van der Waals surface area contributed by atoms with E-state index in [0.717, 1.165) is 28.4 Å². The van der Waals surface area contributed by atoms with Crippen molar-refractivity contribution in [3.63, 3.8) is 0 Å². The molecule has 0 bridgehead atoms. The molecule has 0 atom stereocenters. The molecular formula is C13H16BrClO2. The van der Waals surface area contributed by atoms with Crippen molar-refractivity contribution in [1.82, 2.24) is 0 Å². The Morgan fingerprint density at radius 2 is 2.24 bits per heavy atom. The monoisotopic (exact) mass is 318 g/mol. The molecule has 0 radical (unpaired) electrons. The minimum atomic E-state index is -0.188. The van der Waals surface area contributed by atoms with Crippen molar-refractivity contribution in [3.8, 4) is 0 Å². The van der Waals surface area contributed by atoms with Gasteiger partial charge in [0.1, 0.15) is 0 Å². The third-order valence-electron chi connectivity index (χ3n) is 2.42. The van der Waals surface area contributed by atoms with Crippen LogP contribution in [0.25, 0.3) is 0 Å². The molecule has 4 heteroatoms. The van der Waals surface area contributed by atoms with Crippen molar-refractivity contribution in [1.29, 1.82) is 0 Å². The first kappa shape index (κ1) is 14.5. The maximum atomic E-state index is 11.5. The molecule has 1 aromatic rings. The quantitative estimate of drug-likeness (QED) is 0.590. The van der Waals surface area contributed by atoms with Gasteiger partial charge in [-0.25, -0.2) is 0 Å². The van der Waals surface area contributed by atoms with Gasteiger partial charge >= 0.3 is 5.97 Å². The summed E-state index contributed by atoms with van der Waals surface area (Å²) < 4.78 is 5.93. The maximum absolute atomic E-state index is 11.5. The van der Waals surface area contributed by atoms with E-state index in [1.807, 2.05) is 25.1 Å². The van der Waals surface area contributed by atoms with Gasteiger partial charge in [0.2, 0.25) is 0 Å². The van der Waals surface area contributed by atoms with E-state index in [-0.39, 0.29) is 5.97 Å². The van der Waals surface area contributed by atoms with Crippen molar-refractivity contribution in [2.45, 2.75) is 26.2 Å². The van der Waals surface area contributed by atoms with Crippen LogP contribution in [-0.2, 0) is 22.4 Å². The number of hydrogen-bond donors (Lipinski definition) is 0. The fourth-order valence-electron chi connectivity index (χ4n) is 1.65. The summed E-state index contributed by atoms with van der Waals surface area (Å²) in [6, 6.07) is 5.95. The second-order valence-corrected chi connectivity index (χ2v) is 4.88. The van der Waals surface area contributed by atoms with Crippen LogP contribution < -0.4 is 0 Å². The summed E-state index contributed by atoms with van der Waals surface area (Å²) >= 11 is 9.17. The summed E-state index contributed by atoms with van der Waals surface area (Å²) in [4.78, 5) is 11.5. The van der Waals surface area contributed by atoms with Crippen LogP contribution in [0, 0.1) is 0 Å². The van der Waals surface area contributed by atoms with Crippen molar-refractivity contribution >= 4 is 33.5 Å². The lowest BCUT2D eigenvalue weighted by molar-refractivity contribution is -0.142. The number of aryl methyl sites for hydroxylation is 1. The van der Waals surface area contributed by atoms with E-state index < -0.39 is 0 Å². The van der Waals surface area contributed by atoms with E-state index in [1.54, 1.807) is 0 Å². The summed E-state index contributed by atoms with van der Waals surface area (Å²) in [5, 5.41) is 0. The highest BCUT2D eigenvalue weighted by atomic mass is 79.9. The molecule has 94 valence electrons. The Labute approximate surface area is 115 Å². The summed E-state index contributed by atoms with van der Waals surface area (Å²) in [6.07, 6.45) is 2.11. The molecule has 0 spiro atoms. The Hall–Kier alpha value is -0.540. The van der Waals surface area contributed by atoms with Crippen LogP contribution >= 0.6 is 27.5 Å². The predicted molar refractivity (Wildman–Crippen MR) is 73.5 cm³/mol. The molecule has 0 unspecified atom stereocenters. The van der Waals surface area contributed by atoms with Crippen LogP contribution in [0.2, 0.25) is 0 Å². The number of ether oxygens (including phenoxy) is 1. The van der Waals surface area contributed by atoms with Gasteiger partial charge < -0.3 is 4.74 Å². The van der Waals surface area contributed by atoms with Gasteiger partial charge in [-0.2, -0.15) is 0 Å². The lowest BCUT2D eigenvalue weighted by Crippen LogP contribution is -2.10. The lowest BCUT2D eigenvalue weighted by atomic mass is 10.0. The molecule has 1 rings (SSSR count). The smallest absolute Gasteiger partial charge is 0.310 e. The van der Waals surface area contributed by atoms with Gasteiger partial charge in [-0.1, -0.05) is 28.1 Å². The van der Waals surface area contributed by atoms with Gasteiger partial charge in [-0.15, -0.1) is 11.6 Å². The third-order valence-corrected chi connectivity index (χ3v) is 3.43. The molecule has 1 aromatic carbocycles. The average Bonchev–Trinajstić information content (AvgIpc) is 2.30. The standard InChI is InChI=1S/C13H16BrClO2/c1-2-17-13(16)9-11-10(6-4-8-15)5-3-7-12(11)14/h3,5,7H,2,4,6,8-9H2,1H3.